The molecule has 0 bridgehead atoms. The Morgan fingerprint density at radius 3 is 2.52 bits per heavy atom. The molecule has 0 radical (unpaired) electrons. The third kappa shape index (κ3) is 3.79. The fourth-order valence-corrected chi connectivity index (χ4v) is 4.37. The minimum Gasteiger partial charge on any atom is -0.320 e. The van der Waals surface area contributed by atoms with Crippen molar-refractivity contribution in [3.05, 3.63) is 50.3 Å². The van der Waals surface area contributed by atoms with E-state index in [1.807, 2.05) is 32.0 Å². The molecule has 4 heteroatoms. The van der Waals surface area contributed by atoms with E-state index in [0.717, 1.165) is 28.4 Å². The monoisotopic (exact) mass is 356 g/mol. The highest BCUT2D eigenvalue weighted by Gasteiger charge is 2.27. The molecule has 134 valence electrons. The van der Waals surface area contributed by atoms with Crippen LogP contribution in [0.3, 0.4) is 0 Å². The fraction of sp³-hybridized carbons (Fsp3) is 0.524. The molecule has 1 aliphatic carbocycles. The predicted octanol–water partition coefficient (Wildman–Crippen LogP) is 4.92. The van der Waals surface area contributed by atoms with Crippen LogP contribution in [0.4, 0.5) is 0 Å². The van der Waals surface area contributed by atoms with Gasteiger partial charge in [-0.25, -0.2) is 0 Å². The predicted molar refractivity (Wildman–Crippen MR) is 104 cm³/mol. The second-order valence-electron chi connectivity index (χ2n) is 8.27. The summed E-state index contributed by atoms with van der Waals surface area (Å²) in [6.07, 6.45) is 2.58. The van der Waals surface area contributed by atoms with Gasteiger partial charge in [0.2, 0.25) is 0 Å². The Labute approximate surface area is 154 Å². The highest BCUT2D eigenvalue weighted by molar-refractivity contribution is 7.09. The van der Waals surface area contributed by atoms with Crippen molar-refractivity contribution in [3.8, 4) is 0 Å². The molecule has 3 nitrogen and oxygen atoms in total. The number of carbonyl (C=O) groups excluding carboxylic acids is 1. The van der Waals surface area contributed by atoms with Crippen LogP contribution in [0.15, 0.2) is 23.2 Å². The second-order valence-corrected chi connectivity index (χ2v) is 9.25. The van der Waals surface area contributed by atoms with Crippen LogP contribution in [0.25, 0.3) is 0 Å². The maximum Gasteiger partial charge on any atom is 0.279 e. The Kier molecular flexibility index (Phi) is 4.76. The van der Waals surface area contributed by atoms with E-state index in [4.69, 9.17) is 0 Å². The number of nitrogens with zero attached hydrogens (tertiary/aromatic N) is 2. The van der Waals surface area contributed by atoms with Crippen molar-refractivity contribution < 1.29 is 4.79 Å². The molecule has 0 spiro atoms. The zero-order valence-electron chi connectivity index (χ0n) is 16.1. The van der Waals surface area contributed by atoms with Gasteiger partial charge in [0.05, 0.1) is 0 Å². The van der Waals surface area contributed by atoms with Crippen LogP contribution in [0.2, 0.25) is 0 Å². The highest BCUT2D eigenvalue weighted by Crippen LogP contribution is 2.33. The van der Waals surface area contributed by atoms with Gasteiger partial charge in [-0.3, -0.25) is 4.79 Å². The first-order chi connectivity index (χ1) is 11.7. The van der Waals surface area contributed by atoms with Gasteiger partial charge < -0.3 is 4.57 Å². The SMILES string of the molecule is Cc1cccc(C(=O)N=c2sc(C(C)(C)C)c(C)n2CC2CC2)c1C. The summed E-state index contributed by atoms with van der Waals surface area (Å²) in [4.78, 5) is 19.6. The first kappa shape index (κ1) is 18.1. The van der Waals surface area contributed by atoms with Crippen molar-refractivity contribution in [2.45, 2.75) is 66.3 Å². The zero-order chi connectivity index (χ0) is 18.4. The van der Waals surface area contributed by atoms with Crippen molar-refractivity contribution in [2.75, 3.05) is 0 Å². The van der Waals surface area contributed by atoms with Gasteiger partial charge in [0.25, 0.3) is 5.91 Å². The summed E-state index contributed by atoms with van der Waals surface area (Å²) in [5.41, 5.74) is 4.19. The van der Waals surface area contributed by atoms with E-state index in [9.17, 15) is 4.79 Å². The molecule has 1 saturated carbocycles. The molecule has 0 unspecified atom stereocenters. The quantitative estimate of drug-likeness (QED) is 0.768. The van der Waals surface area contributed by atoms with Crippen molar-refractivity contribution >= 4 is 17.2 Å². The normalized spacial score (nSPS) is 15.7. The van der Waals surface area contributed by atoms with Gasteiger partial charge in [-0.2, -0.15) is 4.99 Å². The third-order valence-electron chi connectivity index (χ3n) is 5.01. The van der Waals surface area contributed by atoms with Gasteiger partial charge in [-0.15, -0.1) is 11.3 Å². The molecule has 1 aromatic carbocycles. The summed E-state index contributed by atoms with van der Waals surface area (Å²) in [5.74, 6) is 0.614. The number of amides is 1. The average molecular weight is 357 g/mol. The number of hydrogen-bond acceptors (Lipinski definition) is 2. The Morgan fingerprint density at radius 2 is 1.92 bits per heavy atom. The Balaban J connectivity index is 2.09. The Morgan fingerprint density at radius 1 is 1.24 bits per heavy atom. The minimum atomic E-state index is -0.132. The Hall–Kier alpha value is -1.68. The average Bonchev–Trinajstić information content (AvgIpc) is 3.28. The maximum absolute atomic E-state index is 12.8. The first-order valence-electron chi connectivity index (χ1n) is 9.04. The molecule has 3 rings (SSSR count). The molecule has 0 N–H and O–H groups in total. The highest BCUT2D eigenvalue weighted by atomic mass is 32.1. The van der Waals surface area contributed by atoms with Gasteiger partial charge in [-0.1, -0.05) is 32.9 Å². The zero-order valence-corrected chi connectivity index (χ0v) is 17.0. The molecule has 1 aromatic heterocycles. The molecule has 0 saturated heterocycles. The van der Waals surface area contributed by atoms with E-state index in [-0.39, 0.29) is 11.3 Å². The Bertz CT molecular complexity index is 876. The van der Waals surface area contributed by atoms with Crippen LogP contribution in [0, 0.1) is 26.7 Å². The maximum atomic E-state index is 12.8. The summed E-state index contributed by atoms with van der Waals surface area (Å²) in [5, 5.41) is 0. The lowest BCUT2D eigenvalue weighted by atomic mass is 9.93. The van der Waals surface area contributed by atoms with Gasteiger partial charge in [-0.05, 0) is 62.1 Å². The summed E-state index contributed by atoms with van der Waals surface area (Å²) < 4.78 is 2.27. The number of benzene rings is 1. The molecule has 1 fully saturated rings. The number of hydrogen-bond donors (Lipinski definition) is 0. The molecule has 1 amide bonds. The van der Waals surface area contributed by atoms with Crippen LogP contribution in [0.5, 0.6) is 0 Å². The largest absolute Gasteiger partial charge is 0.320 e. The van der Waals surface area contributed by atoms with Crippen molar-refractivity contribution in [2.24, 2.45) is 10.9 Å². The molecule has 0 aliphatic heterocycles. The lowest BCUT2D eigenvalue weighted by Crippen LogP contribution is -2.20. The molecule has 25 heavy (non-hydrogen) atoms. The lowest BCUT2D eigenvalue weighted by Gasteiger charge is -2.17. The van der Waals surface area contributed by atoms with Crippen LogP contribution >= 0.6 is 11.3 Å². The van der Waals surface area contributed by atoms with Crippen LogP contribution in [0.1, 0.15) is 65.7 Å². The van der Waals surface area contributed by atoms with Crippen molar-refractivity contribution in [1.29, 1.82) is 0 Å². The van der Waals surface area contributed by atoms with E-state index in [1.165, 1.54) is 23.4 Å². The van der Waals surface area contributed by atoms with Crippen LogP contribution < -0.4 is 4.80 Å². The summed E-state index contributed by atoms with van der Waals surface area (Å²) in [6, 6.07) is 5.85. The first-order valence-corrected chi connectivity index (χ1v) is 9.86. The summed E-state index contributed by atoms with van der Waals surface area (Å²) >= 11 is 1.67. The van der Waals surface area contributed by atoms with Gasteiger partial charge >= 0.3 is 0 Å². The van der Waals surface area contributed by atoms with Gasteiger partial charge in [0.15, 0.2) is 4.80 Å². The van der Waals surface area contributed by atoms with Crippen molar-refractivity contribution in [1.82, 2.24) is 4.57 Å². The van der Waals surface area contributed by atoms with Crippen LogP contribution in [-0.4, -0.2) is 10.5 Å². The van der Waals surface area contributed by atoms with E-state index >= 15 is 0 Å². The number of aromatic nitrogens is 1. The van der Waals surface area contributed by atoms with Crippen molar-refractivity contribution in [3.63, 3.8) is 0 Å². The summed E-state index contributed by atoms with van der Waals surface area (Å²) in [6.45, 7) is 13.9. The number of carbonyl (C=O) groups is 1. The molecular weight excluding hydrogens is 328 g/mol. The molecular formula is C21H28N2OS. The van der Waals surface area contributed by atoms with E-state index < -0.39 is 0 Å². The second kappa shape index (κ2) is 6.56. The molecule has 0 atom stereocenters. The number of rotatable bonds is 3. The molecule has 2 aromatic rings. The van der Waals surface area contributed by atoms with Gasteiger partial charge in [0.1, 0.15) is 0 Å². The molecule has 1 aliphatic rings. The minimum absolute atomic E-state index is 0.0656. The van der Waals surface area contributed by atoms with E-state index in [1.54, 1.807) is 11.3 Å². The summed E-state index contributed by atoms with van der Waals surface area (Å²) in [7, 11) is 0. The standard InChI is InChI=1S/C21H28N2OS/c1-13-8-7-9-17(14(13)2)19(24)22-20-23(12-16-10-11-16)15(3)18(25-20)21(4,5)6/h7-9,16H,10-12H2,1-6H3. The topological polar surface area (TPSA) is 34.4 Å². The van der Waals surface area contributed by atoms with E-state index in [2.05, 4.69) is 37.3 Å². The van der Waals surface area contributed by atoms with Gasteiger partial charge in [0, 0.05) is 22.7 Å². The fourth-order valence-electron chi connectivity index (χ4n) is 3.17. The third-order valence-corrected chi connectivity index (χ3v) is 6.62. The smallest absolute Gasteiger partial charge is 0.279 e. The molecule has 1 heterocycles. The number of thiazole rings is 1. The van der Waals surface area contributed by atoms with E-state index in [0.29, 0.717) is 5.56 Å². The van der Waals surface area contributed by atoms with Crippen LogP contribution in [-0.2, 0) is 12.0 Å². The number of aryl methyl sites for hydroxylation is 1. The lowest BCUT2D eigenvalue weighted by molar-refractivity contribution is 0.0997.